The van der Waals surface area contributed by atoms with Gasteiger partial charge in [-0.1, -0.05) is 91.0 Å². The number of rotatable bonds is 2. The van der Waals surface area contributed by atoms with Gasteiger partial charge < -0.3 is 18.0 Å². The summed E-state index contributed by atoms with van der Waals surface area (Å²) in [7, 11) is 0. The molecule has 0 atom stereocenters. The van der Waals surface area contributed by atoms with Crippen LogP contribution in [0.2, 0.25) is 0 Å². The van der Waals surface area contributed by atoms with Crippen molar-refractivity contribution in [2.75, 3.05) is 0 Å². The van der Waals surface area contributed by atoms with Crippen molar-refractivity contribution < 1.29 is 8.83 Å². The number of aromatic nitrogens is 2. The SMILES string of the molecule is O=c1c2cc(-n3c4ccccc4c4ccccc43)c(-n3c4ccccc4c4ccccc43)cc2oc2cc3c(cc12)oc1ccccc13. The molecule has 0 fully saturated rings. The van der Waals surface area contributed by atoms with Crippen LogP contribution in [0.5, 0.6) is 0 Å². The molecule has 224 valence electrons. The monoisotopic (exact) mass is 616 g/mol. The van der Waals surface area contributed by atoms with Crippen molar-refractivity contribution in [2.24, 2.45) is 0 Å². The third-order valence-electron chi connectivity index (χ3n) is 9.91. The molecule has 5 heteroatoms. The largest absolute Gasteiger partial charge is 0.456 e. The van der Waals surface area contributed by atoms with Crippen LogP contribution < -0.4 is 5.43 Å². The Kier molecular flexibility index (Phi) is 4.93. The molecular formula is C43H24N2O3. The second-order valence-corrected chi connectivity index (χ2v) is 12.5. The van der Waals surface area contributed by atoms with Crippen LogP contribution in [-0.2, 0) is 0 Å². The standard InChI is InChI=1S/C43H24N2O3/c46-43-31-21-37(44-33-16-6-1-11-25(33)26-12-2-7-17-34(26)44)38(45-35-18-8-3-13-27(35)28-14-4-9-19-36(28)45)24-42(31)48-41-22-30-29-15-5-10-20-39(29)47-40(30)23-32(41)43/h1-24H. The first-order valence-electron chi connectivity index (χ1n) is 16.1. The number of hydrogen-bond acceptors (Lipinski definition) is 3. The van der Waals surface area contributed by atoms with Crippen molar-refractivity contribution in [1.29, 1.82) is 0 Å². The van der Waals surface area contributed by atoms with Gasteiger partial charge in [-0.2, -0.15) is 0 Å². The Hall–Kier alpha value is -6.59. The average molecular weight is 617 g/mol. The summed E-state index contributed by atoms with van der Waals surface area (Å²) in [6, 6.07) is 49.6. The Morgan fingerprint density at radius 1 is 0.333 bits per heavy atom. The predicted octanol–water partition coefficient (Wildman–Crippen LogP) is 11.0. The fourth-order valence-corrected chi connectivity index (χ4v) is 7.82. The molecule has 0 unspecified atom stereocenters. The van der Waals surface area contributed by atoms with Gasteiger partial charge in [-0.05, 0) is 48.5 Å². The van der Waals surface area contributed by atoms with Gasteiger partial charge in [0.05, 0.1) is 44.2 Å². The smallest absolute Gasteiger partial charge is 0.200 e. The van der Waals surface area contributed by atoms with E-state index in [4.69, 9.17) is 8.83 Å². The number of furan rings is 1. The zero-order valence-electron chi connectivity index (χ0n) is 25.5. The van der Waals surface area contributed by atoms with Crippen LogP contribution in [0.4, 0.5) is 0 Å². The minimum atomic E-state index is -0.0932. The van der Waals surface area contributed by atoms with Crippen molar-refractivity contribution in [3.63, 3.8) is 0 Å². The Morgan fingerprint density at radius 3 is 1.27 bits per heavy atom. The lowest BCUT2D eigenvalue weighted by molar-refractivity contribution is 0.656. The number of benzene rings is 7. The minimum Gasteiger partial charge on any atom is -0.456 e. The fourth-order valence-electron chi connectivity index (χ4n) is 7.82. The summed E-state index contributed by atoms with van der Waals surface area (Å²) in [6.07, 6.45) is 0. The van der Waals surface area contributed by atoms with Crippen molar-refractivity contribution in [1.82, 2.24) is 9.13 Å². The van der Waals surface area contributed by atoms with Gasteiger partial charge in [0, 0.05) is 38.4 Å². The molecule has 11 rings (SSSR count). The summed E-state index contributed by atoms with van der Waals surface area (Å²) in [4.78, 5) is 14.5. The van der Waals surface area contributed by atoms with Crippen molar-refractivity contribution in [2.45, 2.75) is 0 Å². The zero-order chi connectivity index (χ0) is 31.5. The topological polar surface area (TPSA) is 53.2 Å². The van der Waals surface area contributed by atoms with E-state index >= 15 is 0 Å². The molecule has 0 radical (unpaired) electrons. The van der Waals surface area contributed by atoms with Gasteiger partial charge in [0.2, 0.25) is 5.43 Å². The predicted molar refractivity (Wildman–Crippen MR) is 196 cm³/mol. The number of hydrogen-bond donors (Lipinski definition) is 0. The lowest BCUT2D eigenvalue weighted by Crippen LogP contribution is -2.08. The van der Waals surface area contributed by atoms with Gasteiger partial charge in [-0.25, -0.2) is 0 Å². The fraction of sp³-hybridized carbons (Fsp3) is 0. The van der Waals surface area contributed by atoms with E-state index < -0.39 is 0 Å². The molecule has 0 saturated carbocycles. The number of nitrogens with zero attached hydrogens (tertiary/aromatic N) is 2. The van der Waals surface area contributed by atoms with E-state index in [9.17, 15) is 4.79 Å². The van der Waals surface area contributed by atoms with Crippen LogP contribution in [0.1, 0.15) is 0 Å². The molecule has 11 aromatic rings. The molecule has 0 N–H and O–H groups in total. The van der Waals surface area contributed by atoms with Gasteiger partial charge >= 0.3 is 0 Å². The van der Waals surface area contributed by atoms with Crippen molar-refractivity contribution >= 4 is 87.5 Å². The van der Waals surface area contributed by atoms with Crippen LogP contribution in [0.25, 0.3) is 98.9 Å². The molecule has 4 heterocycles. The third kappa shape index (κ3) is 3.32. The maximum absolute atomic E-state index is 14.5. The highest BCUT2D eigenvalue weighted by Gasteiger charge is 2.22. The van der Waals surface area contributed by atoms with E-state index in [2.05, 4.69) is 106 Å². The molecular weight excluding hydrogens is 592 g/mol. The summed E-state index contributed by atoms with van der Waals surface area (Å²) < 4.78 is 17.5. The van der Waals surface area contributed by atoms with Gasteiger partial charge in [0.15, 0.2) is 0 Å². The molecule has 5 nitrogen and oxygen atoms in total. The van der Waals surface area contributed by atoms with Crippen molar-refractivity contribution in [3.05, 3.63) is 156 Å². The highest BCUT2D eigenvalue weighted by Crippen LogP contribution is 2.40. The molecule has 0 amide bonds. The lowest BCUT2D eigenvalue weighted by Gasteiger charge is -2.18. The zero-order valence-corrected chi connectivity index (χ0v) is 25.5. The minimum absolute atomic E-state index is 0.0932. The molecule has 48 heavy (non-hydrogen) atoms. The Labute approximate surface area is 272 Å². The van der Waals surface area contributed by atoms with E-state index in [0.717, 1.165) is 71.3 Å². The van der Waals surface area contributed by atoms with E-state index in [1.54, 1.807) is 0 Å². The van der Waals surface area contributed by atoms with Crippen LogP contribution in [0.15, 0.2) is 159 Å². The van der Waals surface area contributed by atoms with E-state index in [1.807, 2.05) is 48.5 Å². The van der Waals surface area contributed by atoms with Gasteiger partial charge in [0.1, 0.15) is 22.3 Å². The number of fused-ring (bicyclic) bond motifs is 11. The third-order valence-corrected chi connectivity index (χ3v) is 9.91. The molecule has 4 aromatic heterocycles. The molecule has 0 aliphatic rings. The summed E-state index contributed by atoms with van der Waals surface area (Å²) in [5.74, 6) is 0. The van der Waals surface area contributed by atoms with Crippen LogP contribution in [0, 0.1) is 0 Å². The Balaban J connectivity index is 1.34. The maximum atomic E-state index is 14.5. The van der Waals surface area contributed by atoms with E-state index in [1.165, 1.54) is 0 Å². The average Bonchev–Trinajstić information content (AvgIpc) is 3.78. The maximum Gasteiger partial charge on any atom is 0.200 e. The van der Waals surface area contributed by atoms with E-state index in [0.29, 0.717) is 27.5 Å². The first-order valence-corrected chi connectivity index (χ1v) is 16.1. The normalized spacial score (nSPS) is 12.2. The van der Waals surface area contributed by atoms with Crippen LogP contribution in [-0.4, -0.2) is 9.13 Å². The number of para-hydroxylation sites is 5. The van der Waals surface area contributed by atoms with Crippen LogP contribution >= 0.6 is 0 Å². The Morgan fingerprint density at radius 2 is 0.708 bits per heavy atom. The molecule has 0 spiro atoms. The molecule has 0 saturated heterocycles. The molecule has 0 aliphatic carbocycles. The second kappa shape index (κ2) is 9.24. The van der Waals surface area contributed by atoms with Gasteiger partial charge in [0.25, 0.3) is 0 Å². The highest BCUT2D eigenvalue weighted by molar-refractivity contribution is 6.13. The second-order valence-electron chi connectivity index (χ2n) is 12.5. The van der Waals surface area contributed by atoms with Gasteiger partial charge in [-0.3, -0.25) is 4.79 Å². The van der Waals surface area contributed by atoms with Crippen molar-refractivity contribution in [3.8, 4) is 11.4 Å². The first kappa shape index (κ1) is 25.6. The van der Waals surface area contributed by atoms with Gasteiger partial charge in [-0.15, -0.1) is 0 Å². The highest BCUT2D eigenvalue weighted by atomic mass is 16.3. The molecule has 0 bridgehead atoms. The summed E-state index contributed by atoms with van der Waals surface area (Å²) in [6.45, 7) is 0. The Bertz CT molecular complexity index is 3100. The first-order chi connectivity index (χ1) is 23.7. The van der Waals surface area contributed by atoms with E-state index in [-0.39, 0.29) is 5.43 Å². The lowest BCUT2D eigenvalue weighted by atomic mass is 10.1. The molecule has 7 aromatic carbocycles. The van der Waals surface area contributed by atoms with Crippen LogP contribution in [0.3, 0.4) is 0 Å². The summed E-state index contributed by atoms with van der Waals surface area (Å²) >= 11 is 0. The summed E-state index contributed by atoms with van der Waals surface area (Å²) in [5, 5.41) is 7.55. The quantitative estimate of drug-likeness (QED) is 0.182. The summed E-state index contributed by atoms with van der Waals surface area (Å²) in [5.41, 5.74) is 8.51. The molecule has 0 aliphatic heterocycles.